The highest BCUT2D eigenvalue weighted by atomic mass is 32.2. The van der Waals surface area contributed by atoms with Gasteiger partial charge >= 0.3 is 0 Å². The van der Waals surface area contributed by atoms with Crippen LogP contribution in [-0.2, 0) is 16.6 Å². The lowest BCUT2D eigenvalue weighted by Crippen LogP contribution is -2.29. The van der Waals surface area contributed by atoms with Crippen molar-refractivity contribution in [2.24, 2.45) is 0 Å². The zero-order valence-corrected chi connectivity index (χ0v) is 11.2. The Hall–Kier alpha value is -2.42. The topological polar surface area (TPSA) is 119 Å². The van der Waals surface area contributed by atoms with E-state index in [9.17, 15) is 13.2 Å². The molecular formula is C11H10N4O4S. The van der Waals surface area contributed by atoms with E-state index in [-0.39, 0.29) is 17.0 Å². The first kappa shape index (κ1) is 12.6. The molecule has 0 unspecified atom stereocenters. The number of anilines is 1. The minimum Gasteiger partial charge on any atom is -0.399 e. The number of fused-ring (bicyclic) bond motifs is 1. The number of aryl methyl sites for hydroxylation is 1. The first-order valence-electron chi connectivity index (χ1n) is 5.66. The van der Waals surface area contributed by atoms with E-state index in [2.05, 4.69) is 14.9 Å². The molecular weight excluding hydrogens is 284 g/mol. The number of carbonyl (C=O) groups excluding carboxylic acids is 1. The normalized spacial score (nSPS) is 16.4. The van der Waals surface area contributed by atoms with Crippen molar-refractivity contribution in [3.63, 3.8) is 0 Å². The molecule has 0 radical (unpaired) electrons. The summed E-state index contributed by atoms with van der Waals surface area (Å²) in [6.45, 7) is 1.40. The van der Waals surface area contributed by atoms with Crippen LogP contribution in [0.2, 0.25) is 0 Å². The Morgan fingerprint density at radius 2 is 2.10 bits per heavy atom. The molecule has 0 fully saturated rings. The molecule has 0 spiro atoms. The number of carbonyl (C=O) groups is 1. The molecule has 0 bridgehead atoms. The van der Waals surface area contributed by atoms with E-state index >= 15 is 0 Å². The van der Waals surface area contributed by atoms with Crippen LogP contribution in [0.5, 0.6) is 0 Å². The van der Waals surface area contributed by atoms with Crippen LogP contribution in [0.4, 0.5) is 5.69 Å². The smallest absolute Gasteiger partial charge is 0.269 e. The van der Waals surface area contributed by atoms with Gasteiger partial charge in [-0.25, -0.2) is 17.4 Å². The van der Waals surface area contributed by atoms with Crippen molar-refractivity contribution in [2.45, 2.75) is 18.4 Å². The molecule has 2 heterocycles. The Kier molecular flexibility index (Phi) is 2.54. The van der Waals surface area contributed by atoms with Gasteiger partial charge in [0, 0.05) is 5.69 Å². The van der Waals surface area contributed by atoms with Gasteiger partial charge in [-0.15, -0.1) is 0 Å². The summed E-state index contributed by atoms with van der Waals surface area (Å²) in [7, 11) is -3.89. The molecule has 2 aromatic rings. The van der Waals surface area contributed by atoms with Gasteiger partial charge in [0.05, 0.1) is 12.1 Å². The molecule has 0 atom stereocenters. The van der Waals surface area contributed by atoms with Crippen molar-refractivity contribution in [1.82, 2.24) is 14.6 Å². The summed E-state index contributed by atoms with van der Waals surface area (Å²) in [5.41, 5.74) is 6.71. The highest BCUT2D eigenvalue weighted by Gasteiger charge is 2.41. The largest absolute Gasteiger partial charge is 0.399 e. The Bertz CT molecular complexity index is 812. The van der Waals surface area contributed by atoms with Crippen LogP contribution < -0.4 is 5.73 Å². The Morgan fingerprint density at radius 3 is 2.75 bits per heavy atom. The monoisotopic (exact) mass is 294 g/mol. The van der Waals surface area contributed by atoms with E-state index in [0.29, 0.717) is 17.1 Å². The average molecular weight is 294 g/mol. The second-order valence-corrected chi connectivity index (χ2v) is 6.20. The molecule has 1 amide bonds. The molecule has 0 saturated carbocycles. The molecule has 20 heavy (non-hydrogen) atoms. The van der Waals surface area contributed by atoms with Crippen LogP contribution in [0, 0.1) is 6.92 Å². The summed E-state index contributed by atoms with van der Waals surface area (Å²) in [6.07, 6.45) is 0. The van der Waals surface area contributed by atoms with E-state index in [1.165, 1.54) is 18.2 Å². The zero-order valence-electron chi connectivity index (χ0n) is 10.4. The number of amides is 1. The molecule has 3 rings (SSSR count). The van der Waals surface area contributed by atoms with Gasteiger partial charge in [-0.2, -0.15) is 0 Å². The van der Waals surface area contributed by atoms with E-state index in [1.807, 2.05) is 0 Å². The molecule has 1 aliphatic heterocycles. The van der Waals surface area contributed by atoms with E-state index < -0.39 is 15.9 Å². The molecule has 9 heteroatoms. The van der Waals surface area contributed by atoms with Crippen LogP contribution in [-0.4, -0.2) is 28.9 Å². The molecule has 104 valence electrons. The first-order valence-corrected chi connectivity index (χ1v) is 7.10. The van der Waals surface area contributed by atoms with Gasteiger partial charge in [0.15, 0.2) is 0 Å². The summed E-state index contributed by atoms with van der Waals surface area (Å²) in [5, 5.41) is 7.15. The van der Waals surface area contributed by atoms with Gasteiger partial charge in [-0.3, -0.25) is 4.79 Å². The van der Waals surface area contributed by atoms with Gasteiger partial charge < -0.3 is 5.73 Å². The van der Waals surface area contributed by atoms with Crippen molar-refractivity contribution in [2.75, 3.05) is 5.73 Å². The maximum atomic E-state index is 12.3. The van der Waals surface area contributed by atoms with Gasteiger partial charge in [-0.1, -0.05) is 10.3 Å². The van der Waals surface area contributed by atoms with Gasteiger partial charge in [0.25, 0.3) is 15.9 Å². The van der Waals surface area contributed by atoms with Crippen LogP contribution >= 0.6 is 0 Å². The predicted molar refractivity (Wildman–Crippen MR) is 66.9 cm³/mol. The Labute approximate surface area is 114 Å². The fraction of sp³-hybridized carbons (Fsp3) is 0.182. The number of hydrogen-bond donors (Lipinski definition) is 1. The van der Waals surface area contributed by atoms with Crippen molar-refractivity contribution in [1.29, 1.82) is 0 Å². The third-order valence-electron chi connectivity index (χ3n) is 3.07. The predicted octanol–water partition coefficient (Wildman–Crippen LogP) is 0.305. The first-order chi connectivity index (χ1) is 9.41. The van der Waals surface area contributed by atoms with Crippen LogP contribution in [0.3, 0.4) is 0 Å². The highest BCUT2D eigenvalue weighted by Crippen LogP contribution is 2.32. The lowest BCUT2D eigenvalue weighted by molar-refractivity contribution is 0.0863. The SMILES string of the molecule is Cc1nonc1CN1C(=O)c2cc(N)ccc2S1(=O)=O. The summed E-state index contributed by atoms with van der Waals surface area (Å²) in [6, 6.07) is 4.12. The fourth-order valence-corrected chi connectivity index (χ4v) is 3.50. The van der Waals surface area contributed by atoms with Crippen LogP contribution in [0.1, 0.15) is 21.7 Å². The minimum absolute atomic E-state index is 0.0502. The fourth-order valence-electron chi connectivity index (χ4n) is 1.99. The van der Waals surface area contributed by atoms with E-state index in [1.54, 1.807) is 6.92 Å². The number of nitrogens with zero attached hydrogens (tertiary/aromatic N) is 3. The lowest BCUT2D eigenvalue weighted by atomic mass is 10.2. The number of rotatable bonds is 2. The molecule has 1 aromatic heterocycles. The number of benzene rings is 1. The Morgan fingerprint density at radius 1 is 1.35 bits per heavy atom. The standard InChI is InChI=1S/C11H10N4O4S/c1-6-9(14-19-13-6)5-15-11(16)8-4-7(12)2-3-10(8)20(15,17)18/h2-4H,5,12H2,1H3. The maximum Gasteiger partial charge on any atom is 0.269 e. The van der Waals surface area contributed by atoms with Crippen LogP contribution in [0.15, 0.2) is 27.7 Å². The summed E-state index contributed by atoms with van der Waals surface area (Å²) in [4.78, 5) is 12.2. The van der Waals surface area contributed by atoms with E-state index in [0.717, 1.165) is 4.31 Å². The number of nitrogens with two attached hydrogens (primary N) is 1. The molecule has 0 saturated heterocycles. The zero-order chi connectivity index (χ0) is 14.5. The summed E-state index contributed by atoms with van der Waals surface area (Å²) < 4.78 is 29.9. The molecule has 8 nitrogen and oxygen atoms in total. The number of aromatic nitrogens is 2. The quantitative estimate of drug-likeness (QED) is 0.791. The number of sulfonamides is 1. The number of hydrogen-bond acceptors (Lipinski definition) is 7. The third-order valence-corrected chi connectivity index (χ3v) is 4.86. The van der Waals surface area contributed by atoms with Gasteiger partial charge in [-0.05, 0) is 25.1 Å². The van der Waals surface area contributed by atoms with Crippen molar-refractivity contribution < 1.29 is 17.8 Å². The summed E-state index contributed by atoms with van der Waals surface area (Å²) in [5.74, 6) is -0.630. The van der Waals surface area contributed by atoms with Crippen molar-refractivity contribution in [3.8, 4) is 0 Å². The average Bonchev–Trinajstić information content (AvgIpc) is 2.86. The second-order valence-electron chi connectivity index (χ2n) is 4.37. The van der Waals surface area contributed by atoms with Crippen molar-refractivity contribution >= 4 is 21.6 Å². The minimum atomic E-state index is -3.89. The lowest BCUT2D eigenvalue weighted by Gasteiger charge is -2.12. The van der Waals surface area contributed by atoms with Crippen molar-refractivity contribution in [3.05, 3.63) is 35.2 Å². The third kappa shape index (κ3) is 1.67. The number of nitrogen functional groups attached to an aromatic ring is 1. The maximum absolute atomic E-state index is 12.3. The molecule has 1 aliphatic rings. The molecule has 2 N–H and O–H groups in total. The highest BCUT2D eigenvalue weighted by molar-refractivity contribution is 7.90. The summed E-state index contributed by atoms with van der Waals surface area (Å²) >= 11 is 0. The van der Waals surface area contributed by atoms with Gasteiger partial charge in [0.1, 0.15) is 16.3 Å². The van der Waals surface area contributed by atoms with Gasteiger partial charge in [0.2, 0.25) is 0 Å². The molecule has 1 aromatic carbocycles. The van der Waals surface area contributed by atoms with Crippen LogP contribution in [0.25, 0.3) is 0 Å². The Balaban J connectivity index is 2.07. The van der Waals surface area contributed by atoms with E-state index in [4.69, 9.17) is 5.73 Å². The molecule has 0 aliphatic carbocycles. The second kappa shape index (κ2) is 4.04.